The van der Waals surface area contributed by atoms with Gasteiger partial charge in [0, 0.05) is 19.3 Å². The lowest BCUT2D eigenvalue weighted by Crippen LogP contribution is -2.30. The summed E-state index contributed by atoms with van der Waals surface area (Å²) in [6, 6.07) is 5.68. The molecule has 0 aliphatic carbocycles. The molecule has 0 saturated carbocycles. The SMILES string of the molecule is C=C(CN(C)c1ccc(C)cc1C)[B-](F)(F)F. The monoisotopic (exact) mass is 242 g/mol. The number of aryl methyl sites for hydroxylation is 2. The Morgan fingerprint density at radius 2 is 1.88 bits per heavy atom. The maximum absolute atomic E-state index is 12.4. The highest BCUT2D eigenvalue weighted by atomic mass is 19.4. The average molecular weight is 242 g/mol. The van der Waals surface area contributed by atoms with E-state index in [2.05, 4.69) is 6.58 Å². The molecule has 0 saturated heterocycles. The smallest absolute Gasteiger partial charge is 0.445 e. The maximum Gasteiger partial charge on any atom is 0.506 e. The molecular weight excluding hydrogens is 226 g/mol. The van der Waals surface area contributed by atoms with Gasteiger partial charge in [-0.15, -0.1) is 12.1 Å². The number of hydrogen-bond donors (Lipinski definition) is 0. The average Bonchev–Trinajstić information content (AvgIpc) is 2.15. The van der Waals surface area contributed by atoms with Gasteiger partial charge in [0.05, 0.1) is 0 Å². The first-order chi connectivity index (χ1) is 7.71. The topological polar surface area (TPSA) is 3.24 Å². The van der Waals surface area contributed by atoms with Crippen molar-refractivity contribution in [1.82, 2.24) is 0 Å². The second-order valence-corrected chi connectivity index (χ2v) is 4.38. The first-order valence-electron chi connectivity index (χ1n) is 5.38. The minimum absolute atomic E-state index is 0.187. The van der Waals surface area contributed by atoms with Gasteiger partial charge in [-0.25, -0.2) is 0 Å². The van der Waals surface area contributed by atoms with E-state index in [1.165, 1.54) is 0 Å². The predicted octanol–water partition coefficient (Wildman–Crippen LogP) is 3.68. The van der Waals surface area contributed by atoms with Gasteiger partial charge in [-0.05, 0) is 25.5 Å². The molecule has 17 heavy (non-hydrogen) atoms. The van der Waals surface area contributed by atoms with Gasteiger partial charge in [0.25, 0.3) is 0 Å². The van der Waals surface area contributed by atoms with Gasteiger partial charge >= 0.3 is 6.98 Å². The molecule has 1 aromatic carbocycles. The van der Waals surface area contributed by atoms with Crippen molar-refractivity contribution >= 4 is 12.7 Å². The summed E-state index contributed by atoms with van der Waals surface area (Å²) in [6.07, 6.45) is 0. The molecular formula is C12H16BF3N-. The fourth-order valence-corrected chi connectivity index (χ4v) is 1.73. The van der Waals surface area contributed by atoms with E-state index in [4.69, 9.17) is 0 Å². The standard InChI is InChI=1S/C12H16BF3N/c1-9-5-6-12(10(2)7-9)17(4)8-11(3)13(14,15)16/h5-7H,3,8H2,1-2,4H3/q-1. The molecule has 0 aliphatic heterocycles. The summed E-state index contributed by atoms with van der Waals surface area (Å²) >= 11 is 0. The normalized spacial score (nSPS) is 11.4. The van der Waals surface area contributed by atoms with E-state index >= 15 is 0 Å². The Bertz CT molecular complexity index is 426. The Hall–Kier alpha value is -1.39. The summed E-state index contributed by atoms with van der Waals surface area (Å²) in [6.45, 7) is 1.80. The van der Waals surface area contributed by atoms with Crippen LogP contribution in [0.2, 0.25) is 0 Å². The van der Waals surface area contributed by atoms with E-state index < -0.39 is 12.4 Å². The van der Waals surface area contributed by atoms with Crippen LogP contribution in [0.15, 0.2) is 30.3 Å². The third-order valence-electron chi connectivity index (χ3n) is 2.67. The number of anilines is 1. The van der Waals surface area contributed by atoms with Gasteiger partial charge in [0.15, 0.2) is 0 Å². The Balaban J connectivity index is 2.84. The van der Waals surface area contributed by atoms with Gasteiger partial charge in [-0.3, -0.25) is 0 Å². The van der Waals surface area contributed by atoms with Crippen LogP contribution in [0.3, 0.4) is 0 Å². The molecule has 0 heterocycles. The van der Waals surface area contributed by atoms with E-state index in [0.29, 0.717) is 0 Å². The van der Waals surface area contributed by atoms with Crippen LogP contribution in [0.25, 0.3) is 0 Å². The van der Waals surface area contributed by atoms with Crippen molar-refractivity contribution in [3.05, 3.63) is 41.4 Å². The zero-order valence-corrected chi connectivity index (χ0v) is 10.3. The van der Waals surface area contributed by atoms with Crippen LogP contribution in [0.4, 0.5) is 18.6 Å². The Morgan fingerprint density at radius 3 is 2.35 bits per heavy atom. The van der Waals surface area contributed by atoms with Crippen molar-refractivity contribution in [2.24, 2.45) is 0 Å². The predicted molar refractivity (Wildman–Crippen MR) is 67.4 cm³/mol. The molecule has 1 aromatic rings. The van der Waals surface area contributed by atoms with Crippen LogP contribution in [0.5, 0.6) is 0 Å². The van der Waals surface area contributed by atoms with Gasteiger partial charge < -0.3 is 17.8 Å². The van der Waals surface area contributed by atoms with E-state index in [1.807, 2.05) is 32.0 Å². The summed E-state index contributed by atoms with van der Waals surface area (Å²) < 4.78 is 37.3. The third kappa shape index (κ3) is 3.54. The minimum Gasteiger partial charge on any atom is -0.445 e. The lowest BCUT2D eigenvalue weighted by Gasteiger charge is -2.27. The van der Waals surface area contributed by atoms with Crippen molar-refractivity contribution in [1.29, 1.82) is 0 Å². The first-order valence-corrected chi connectivity index (χ1v) is 5.38. The fourth-order valence-electron chi connectivity index (χ4n) is 1.73. The zero-order valence-electron chi connectivity index (χ0n) is 10.3. The highest BCUT2D eigenvalue weighted by molar-refractivity contribution is 6.66. The highest BCUT2D eigenvalue weighted by Gasteiger charge is 2.27. The van der Waals surface area contributed by atoms with Crippen molar-refractivity contribution in [2.45, 2.75) is 13.8 Å². The van der Waals surface area contributed by atoms with Gasteiger partial charge in [0.1, 0.15) is 0 Å². The van der Waals surface area contributed by atoms with Crippen LogP contribution >= 0.6 is 0 Å². The zero-order chi connectivity index (χ0) is 13.2. The third-order valence-corrected chi connectivity index (χ3v) is 2.67. The molecule has 0 amide bonds. The quantitative estimate of drug-likeness (QED) is 0.728. The summed E-state index contributed by atoms with van der Waals surface area (Å²) in [4.78, 5) is 1.58. The number of halogens is 3. The summed E-state index contributed by atoms with van der Waals surface area (Å²) in [5, 5.41) is 0. The van der Waals surface area contributed by atoms with E-state index in [9.17, 15) is 12.9 Å². The lowest BCUT2D eigenvalue weighted by atomic mass is 9.80. The molecule has 5 heteroatoms. The largest absolute Gasteiger partial charge is 0.506 e. The summed E-state index contributed by atoms with van der Waals surface area (Å²) in [5.74, 6) is 0. The van der Waals surface area contributed by atoms with Crippen LogP contribution < -0.4 is 4.90 Å². The highest BCUT2D eigenvalue weighted by Crippen LogP contribution is 2.24. The molecule has 0 N–H and O–H groups in total. The Labute approximate surface area is 100.0 Å². The van der Waals surface area contributed by atoms with Crippen molar-refractivity contribution in [3.63, 3.8) is 0 Å². The molecule has 94 valence electrons. The maximum atomic E-state index is 12.4. The van der Waals surface area contributed by atoms with Crippen molar-refractivity contribution in [3.8, 4) is 0 Å². The molecule has 0 bridgehead atoms. The first kappa shape index (κ1) is 13.7. The number of nitrogens with zero attached hydrogens (tertiary/aromatic N) is 1. The number of rotatable bonds is 4. The van der Waals surface area contributed by atoms with Gasteiger partial charge in [-0.1, -0.05) is 17.7 Å². The van der Waals surface area contributed by atoms with E-state index in [1.54, 1.807) is 11.9 Å². The van der Waals surface area contributed by atoms with Crippen LogP contribution in [0.1, 0.15) is 11.1 Å². The lowest BCUT2D eigenvalue weighted by molar-refractivity contribution is 0.488. The fraction of sp³-hybridized carbons (Fsp3) is 0.333. The Kier molecular flexibility index (Phi) is 3.91. The Morgan fingerprint density at radius 1 is 1.29 bits per heavy atom. The van der Waals surface area contributed by atoms with Crippen LogP contribution in [0, 0.1) is 13.8 Å². The molecule has 0 aliphatic rings. The van der Waals surface area contributed by atoms with Crippen LogP contribution in [-0.4, -0.2) is 20.6 Å². The summed E-state index contributed by atoms with van der Waals surface area (Å²) in [7, 11) is 1.64. The molecule has 1 nitrogen and oxygen atoms in total. The van der Waals surface area contributed by atoms with Crippen molar-refractivity contribution in [2.75, 3.05) is 18.5 Å². The van der Waals surface area contributed by atoms with E-state index in [0.717, 1.165) is 16.8 Å². The summed E-state index contributed by atoms with van der Waals surface area (Å²) in [5.41, 5.74) is 2.19. The molecule has 1 rings (SSSR count). The number of hydrogen-bond acceptors (Lipinski definition) is 1. The van der Waals surface area contributed by atoms with Gasteiger partial charge in [-0.2, -0.15) is 0 Å². The van der Waals surface area contributed by atoms with E-state index in [-0.39, 0.29) is 6.54 Å². The van der Waals surface area contributed by atoms with Crippen LogP contribution in [-0.2, 0) is 0 Å². The van der Waals surface area contributed by atoms with Crippen molar-refractivity contribution < 1.29 is 12.9 Å². The molecule has 0 spiro atoms. The molecule has 0 fully saturated rings. The molecule has 0 atom stereocenters. The minimum atomic E-state index is -4.95. The number of likely N-dealkylation sites (N-methyl/N-ethyl adjacent to an activating group) is 1. The molecule has 0 unspecified atom stereocenters. The van der Waals surface area contributed by atoms with Gasteiger partial charge in [0.2, 0.25) is 0 Å². The molecule has 0 aromatic heterocycles. The second kappa shape index (κ2) is 4.86. The second-order valence-electron chi connectivity index (χ2n) is 4.38. The number of benzene rings is 1. The molecule has 0 radical (unpaired) electrons.